The van der Waals surface area contributed by atoms with E-state index in [2.05, 4.69) is 4.90 Å². The smallest absolute Gasteiger partial charge is 0.302 e. The van der Waals surface area contributed by atoms with E-state index < -0.39 is 0 Å². The van der Waals surface area contributed by atoms with Gasteiger partial charge in [0, 0.05) is 23.2 Å². The van der Waals surface area contributed by atoms with E-state index in [1.807, 2.05) is 54.6 Å². The lowest BCUT2D eigenvalue weighted by molar-refractivity contribution is -0.141. The molecule has 118 valence electrons. The fourth-order valence-corrected chi connectivity index (χ4v) is 2.68. The number of benzene rings is 2. The predicted octanol–water partition coefficient (Wildman–Crippen LogP) is 3.54. The first-order valence-corrected chi connectivity index (χ1v) is 7.81. The summed E-state index contributed by atoms with van der Waals surface area (Å²) >= 11 is 5.97. The van der Waals surface area contributed by atoms with Gasteiger partial charge < -0.3 is 9.64 Å². The van der Waals surface area contributed by atoms with E-state index in [9.17, 15) is 4.79 Å². The fraction of sp³-hybridized carbons (Fsp3) is 0.222. The minimum absolute atomic E-state index is 0.0789. The zero-order valence-corrected chi connectivity index (χ0v) is 13.5. The summed E-state index contributed by atoms with van der Waals surface area (Å²) in [6.07, 6.45) is 0. The number of hydrogen-bond acceptors (Lipinski definition) is 4. The molecule has 0 aromatic heterocycles. The Kier molecular flexibility index (Phi) is 4.63. The van der Waals surface area contributed by atoms with E-state index in [1.54, 1.807) is 0 Å². The number of rotatable bonds is 4. The van der Waals surface area contributed by atoms with Crippen molar-refractivity contribution >= 4 is 29.1 Å². The van der Waals surface area contributed by atoms with E-state index >= 15 is 0 Å². The molecule has 1 heterocycles. The molecule has 5 heteroatoms. The summed E-state index contributed by atoms with van der Waals surface area (Å²) in [6, 6.07) is 17.6. The largest absolute Gasteiger partial charge is 0.464 e. The summed E-state index contributed by atoms with van der Waals surface area (Å²) in [5, 5.41) is 0.690. The molecule has 0 fully saturated rings. The third-order valence-electron chi connectivity index (χ3n) is 3.60. The van der Waals surface area contributed by atoms with Crippen molar-refractivity contribution in [2.75, 3.05) is 18.1 Å². The first-order chi connectivity index (χ1) is 11.1. The summed E-state index contributed by atoms with van der Waals surface area (Å²) in [6.45, 7) is 2.37. The molecule has 1 aliphatic rings. The van der Waals surface area contributed by atoms with Crippen molar-refractivity contribution in [3.63, 3.8) is 0 Å². The van der Waals surface area contributed by atoms with Crippen LogP contribution in [0.15, 0.2) is 59.6 Å². The number of para-hydroxylation sites is 1. The maximum Gasteiger partial charge on any atom is 0.302 e. The van der Waals surface area contributed by atoms with Crippen LogP contribution in [0.25, 0.3) is 0 Å². The summed E-state index contributed by atoms with van der Waals surface area (Å²) in [5.41, 5.74) is 2.05. The van der Waals surface area contributed by atoms with Crippen LogP contribution < -0.4 is 4.90 Å². The van der Waals surface area contributed by atoms with Crippen molar-refractivity contribution in [2.24, 2.45) is 4.99 Å². The molecular weight excluding hydrogens is 312 g/mol. The number of carbonyl (C=O) groups is 1. The lowest BCUT2D eigenvalue weighted by Gasteiger charge is -2.21. The summed E-state index contributed by atoms with van der Waals surface area (Å²) in [5.74, 6) is 0.580. The van der Waals surface area contributed by atoms with Gasteiger partial charge in [-0.15, -0.1) is 0 Å². The molecule has 0 saturated heterocycles. The quantitative estimate of drug-likeness (QED) is 0.806. The van der Waals surface area contributed by atoms with Gasteiger partial charge in [0.1, 0.15) is 18.5 Å². The number of halogens is 1. The van der Waals surface area contributed by atoms with E-state index in [4.69, 9.17) is 21.3 Å². The zero-order valence-electron chi connectivity index (χ0n) is 12.8. The standard InChI is InChI=1S/C18H17ClN2O2/c1-13(22)23-12-16-11-21(17-5-3-2-4-6-17)18(20-16)14-7-9-15(19)10-8-14/h2-10,16H,11-12H2,1H3. The van der Waals surface area contributed by atoms with Crippen LogP contribution in [0, 0.1) is 0 Å². The van der Waals surface area contributed by atoms with E-state index in [0.29, 0.717) is 11.6 Å². The van der Waals surface area contributed by atoms with Crippen LogP contribution in [0.3, 0.4) is 0 Å². The highest BCUT2D eigenvalue weighted by Gasteiger charge is 2.27. The van der Waals surface area contributed by atoms with Crippen molar-refractivity contribution in [3.8, 4) is 0 Å². The molecule has 1 unspecified atom stereocenters. The average Bonchev–Trinajstić information content (AvgIpc) is 2.99. The number of aliphatic imine (C=N–C) groups is 1. The van der Waals surface area contributed by atoms with Crippen LogP contribution in [0.4, 0.5) is 5.69 Å². The van der Waals surface area contributed by atoms with E-state index in [0.717, 1.165) is 17.1 Å². The number of amidine groups is 1. The highest BCUT2D eigenvalue weighted by molar-refractivity contribution is 6.30. The minimum Gasteiger partial charge on any atom is -0.464 e. The molecule has 0 spiro atoms. The van der Waals surface area contributed by atoms with Gasteiger partial charge in [0.15, 0.2) is 0 Å². The number of ether oxygens (including phenoxy) is 1. The van der Waals surface area contributed by atoms with Crippen LogP contribution in [0.5, 0.6) is 0 Å². The van der Waals surface area contributed by atoms with Crippen LogP contribution in [0.1, 0.15) is 12.5 Å². The molecular formula is C18H17ClN2O2. The molecule has 1 atom stereocenters. The topological polar surface area (TPSA) is 41.9 Å². The second kappa shape index (κ2) is 6.84. The van der Waals surface area contributed by atoms with Gasteiger partial charge in [0.2, 0.25) is 0 Å². The minimum atomic E-state index is -0.286. The number of esters is 1. The Hall–Kier alpha value is -2.33. The van der Waals surface area contributed by atoms with Crippen LogP contribution in [-0.4, -0.2) is 31.0 Å². The molecule has 0 bridgehead atoms. The SMILES string of the molecule is CC(=O)OCC1CN(c2ccccc2)C(c2ccc(Cl)cc2)=N1. The monoisotopic (exact) mass is 328 g/mol. The molecule has 0 aliphatic carbocycles. The highest BCUT2D eigenvalue weighted by Crippen LogP contribution is 2.24. The van der Waals surface area contributed by atoms with E-state index in [-0.39, 0.29) is 18.6 Å². The van der Waals surface area contributed by atoms with Crippen molar-refractivity contribution in [2.45, 2.75) is 13.0 Å². The van der Waals surface area contributed by atoms with Gasteiger partial charge in [-0.1, -0.05) is 29.8 Å². The molecule has 2 aromatic carbocycles. The van der Waals surface area contributed by atoms with Gasteiger partial charge in [-0.2, -0.15) is 0 Å². The summed E-state index contributed by atoms with van der Waals surface area (Å²) in [7, 11) is 0. The van der Waals surface area contributed by atoms with Gasteiger partial charge in [0.25, 0.3) is 0 Å². The highest BCUT2D eigenvalue weighted by atomic mass is 35.5. The maximum atomic E-state index is 11.0. The van der Waals surface area contributed by atoms with Crippen molar-refractivity contribution < 1.29 is 9.53 Å². The fourth-order valence-electron chi connectivity index (χ4n) is 2.55. The number of anilines is 1. The third-order valence-corrected chi connectivity index (χ3v) is 3.86. The first-order valence-electron chi connectivity index (χ1n) is 7.43. The zero-order chi connectivity index (χ0) is 16.2. The van der Waals surface area contributed by atoms with Crippen molar-refractivity contribution in [3.05, 3.63) is 65.2 Å². The predicted molar refractivity (Wildman–Crippen MR) is 92.2 cm³/mol. The van der Waals surface area contributed by atoms with Gasteiger partial charge in [0.05, 0.1) is 6.54 Å². The third kappa shape index (κ3) is 3.71. The molecule has 0 saturated carbocycles. The number of nitrogens with zero attached hydrogens (tertiary/aromatic N) is 2. The molecule has 3 rings (SSSR count). The average molecular weight is 329 g/mol. The lowest BCUT2D eigenvalue weighted by atomic mass is 10.2. The Balaban J connectivity index is 1.90. The van der Waals surface area contributed by atoms with Crippen LogP contribution >= 0.6 is 11.6 Å². The Labute approximate surface area is 140 Å². The normalized spacial score (nSPS) is 17.0. The van der Waals surface area contributed by atoms with E-state index in [1.165, 1.54) is 6.92 Å². The lowest BCUT2D eigenvalue weighted by Crippen LogP contribution is -2.31. The van der Waals surface area contributed by atoms with Gasteiger partial charge >= 0.3 is 5.97 Å². The molecule has 0 radical (unpaired) electrons. The van der Waals surface area contributed by atoms with Gasteiger partial charge in [-0.05, 0) is 36.4 Å². The summed E-state index contributed by atoms with van der Waals surface area (Å²) < 4.78 is 5.12. The summed E-state index contributed by atoms with van der Waals surface area (Å²) in [4.78, 5) is 17.9. The Morgan fingerprint density at radius 1 is 1.22 bits per heavy atom. The molecule has 0 amide bonds. The molecule has 23 heavy (non-hydrogen) atoms. The van der Waals surface area contributed by atoms with Crippen molar-refractivity contribution in [1.82, 2.24) is 0 Å². The Morgan fingerprint density at radius 2 is 1.91 bits per heavy atom. The number of carbonyl (C=O) groups excluding carboxylic acids is 1. The second-order valence-corrected chi connectivity index (χ2v) is 5.80. The molecule has 1 aliphatic heterocycles. The molecule has 2 aromatic rings. The van der Waals surface area contributed by atoms with Gasteiger partial charge in [-0.25, -0.2) is 0 Å². The first kappa shape index (κ1) is 15.6. The Bertz CT molecular complexity index is 714. The second-order valence-electron chi connectivity index (χ2n) is 5.36. The van der Waals surface area contributed by atoms with Crippen LogP contribution in [-0.2, 0) is 9.53 Å². The Morgan fingerprint density at radius 3 is 2.57 bits per heavy atom. The number of hydrogen-bond donors (Lipinski definition) is 0. The van der Waals surface area contributed by atoms with Gasteiger partial charge in [-0.3, -0.25) is 9.79 Å². The van der Waals surface area contributed by atoms with Crippen molar-refractivity contribution in [1.29, 1.82) is 0 Å². The molecule has 0 N–H and O–H groups in total. The van der Waals surface area contributed by atoms with Crippen LogP contribution in [0.2, 0.25) is 5.02 Å². The molecule has 4 nitrogen and oxygen atoms in total. The maximum absolute atomic E-state index is 11.0.